The van der Waals surface area contributed by atoms with Gasteiger partial charge in [0, 0.05) is 23.8 Å². The molecule has 6 heteroatoms. The van der Waals surface area contributed by atoms with E-state index in [1.807, 2.05) is 79.7 Å². The van der Waals surface area contributed by atoms with E-state index in [1.165, 1.54) is 4.90 Å². The van der Waals surface area contributed by atoms with Crippen molar-refractivity contribution in [3.63, 3.8) is 0 Å². The van der Waals surface area contributed by atoms with E-state index in [9.17, 15) is 14.4 Å². The minimum absolute atomic E-state index is 0.201. The first-order valence-electron chi connectivity index (χ1n) is 12.2. The van der Waals surface area contributed by atoms with E-state index in [4.69, 9.17) is 0 Å². The van der Waals surface area contributed by atoms with Crippen molar-refractivity contribution in [1.29, 1.82) is 0 Å². The molecule has 3 aromatic carbocycles. The summed E-state index contributed by atoms with van der Waals surface area (Å²) in [6.45, 7) is 6.25. The summed E-state index contributed by atoms with van der Waals surface area (Å²) in [7, 11) is 0. The van der Waals surface area contributed by atoms with Crippen LogP contribution >= 0.6 is 0 Å². The Kier molecular flexibility index (Phi) is 5.16. The standard InChI is InChI=1S/C30H27N3O3/c1-19(2)18-32-24-16-10-9-15-22(24)30(29(32)36)26-25(23(31-30)17-20-11-5-3-6-12-20)27(34)33(28(26)35)21-13-7-4-8-14-21/h3-16,23,25-26,31H,1,17-18H2,2H3/t23-,25-,26+,30+/m1/s1. The van der Waals surface area contributed by atoms with Crippen molar-refractivity contribution in [2.24, 2.45) is 11.8 Å². The van der Waals surface area contributed by atoms with Gasteiger partial charge in [-0.1, -0.05) is 78.9 Å². The van der Waals surface area contributed by atoms with Gasteiger partial charge in [-0.25, -0.2) is 4.90 Å². The molecule has 3 amide bonds. The highest BCUT2D eigenvalue weighted by molar-refractivity contribution is 6.26. The molecule has 0 unspecified atom stereocenters. The van der Waals surface area contributed by atoms with E-state index in [-0.39, 0.29) is 23.8 Å². The molecular formula is C30H27N3O3. The van der Waals surface area contributed by atoms with Gasteiger partial charge in [0.1, 0.15) is 5.54 Å². The Morgan fingerprint density at radius 2 is 1.53 bits per heavy atom. The van der Waals surface area contributed by atoms with Crippen molar-refractivity contribution in [3.8, 4) is 0 Å². The van der Waals surface area contributed by atoms with Gasteiger partial charge in [-0.2, -0.15) is 0 Å². The van der Waals surface area contributed by atoms with Gasteiger partial charge < -0.3 is 4.90 Å². The number of benzene rings is 3. The molecule has 0 radical (unpaired) electrons. The number of nitrogens with one attached hydrogen (secondary N) is 1. The molecular weight excluding hydrogens is 450 g/mol. The number of carbonyl (C=O) groups excluding carboxylic acids is 3. The first kappa shape index (κ1) is 22.4. The van der Waals surface area contributed by atoms with Crippen LogP contribution in [0.1, 0.15) is 18.1 Å². The molecule has 2 fully saturated rings. The molecule has 3 aliphatic rings. The highest BCUT2D eigenvalue weighted by Crippen LogP contribution is 2.55. The molecule has 3 aliphatic heterocycles. The minimum atomic E-state index is -1.31. The molecule has 3 heterocycles. The van der Waals surface area contributed by atoms with Crippen LogP contribution in [0.3, 0.4) is 0 Å². The number of hydrogen-bond donors (Lipinski definition) is 1. The normalized spacial score (nSPS) is 26.6. The molecule has 1 spiro atoms. The largest absolute Gasteiger partial charge is 0.306 e. The zero-order valence-corrected chi connectivity index (χ0v) is 20.1. The maximum atomic E-state index is 14.3. The van der Waals surface area contributed by atoms with Gasteiger partial charge >= 0.3 is 0 Å². The van der Waals surface area contributed by atoms with Crippen LogP contribution in [0, 0.1) is 11.8 Å². The molecule has 0 aromatic heterocycles. The second kappa shape index (κ2) is 8.28. The lowest BCUT2D eigenvalue weighted by molar-refractivity contribution is -0.132. The molecule has 36 heavy (non-hydrogen) atoms. The summed E-state index contributed by atoms with van der Waals surface area (Å²) in [6, 6.07) is 26.1. The Bertz CT molecular complexity index is 1390. The molecule has 1 N–H and O–H groups in total. The van der Waals surface area contributed by atoms with E-state index < -0.39 is 17.4 Å². The molecule has 180 valence electrons. The van der Waals surface area contributed by atoms with Gasteiger partial charge in [-0.3, -0.25) is 19.7 Å². The van der Waals surface area contributed by atoms with Crippen LogP contribution in [0.25, 0.3) is 0 Å². The van der Waals surface area contributed by atoms with Crippen molar-refractivity contribution >= 4 is 29.1 Å². The van der Waals surface area contributed by atoms with Crippen LogP contribution in [0.5, 0.6) is 0 Å². The Labute approximate surface area is 210 Å². The smallest absolute Gasteiger partial charge is 0.253 e. The van der Waals surface area contributed by atoms with E-state index in [1.54, 1.807) is 17.0 Å². The number of amides is 3. The van der Waals surface area contributed by atoms with Gasteiger partial charge in [-0.05, 0) is 37.1 Å². The Hall–Kier alpha value is -4.03. The number of anilines is 2. The van der Waals surface area contributed by atoms with E-state index in [0.717, 1.165) is 22.4 Å². The summed E-state index contributed by atoms with van der Waals surface area (Å²) in [5, 5.41) is 3.57. The fraction of sp³-hybridized carbons (Fsp3) is 0.233. The Balaban J connectivity index is 1.52. The fourth-order valence-electron chi connectivity index (χ4n) is 6.25. The summed E-state index contributed by atoms with van der Waals surface area (Å²) >= 11 is 0. The van der Waals surface area contributed by atoms with E-state index in [2.05, 4.69) is 11.9 Å². The lowest BCUT2D eigenvalue weighted by Gasteiger charge is -2.30. The van der Waals surface area contributed by atoms with Crippen molar-refractivity contribution in [3.05, 3.63) is 108 Å². The Morgan fingerprint density at radius 3 is 2.22 bits per heavy atom. The zero-order valence-electron chi connectivity index (χ0n) is 20.1. The molecule has 4 atom stereocenters. The van der Waals surface area contributed by atoms with Crippen LogP contribution in [0.2, 0.25) is 0 Å². The second-order valence-electron chi connectivity index (χ2n) is 9.97. The van der Waals surface area contributed by atoms with Crippen LogP contribution in [0.15, 0.2) is 97.1 Å². The average Bonchev–Trinajstić information content (AvgIpc) is 3.44. The number of imide groups is 1. The van der Waals surface area contributed by atoms with Gasteiger partial charge in [0.25, 0.3) is 5.91 Å². The summed E-state index contributed by atoms with van der Waals surface area (Å²) in [5.74, 6) is -2.31. The van der Waals surface area contributed by atoms with Gasteiger partial charge in [0.2, 0.25) is 11.8 Å². The maximum absolute atomic E-state index is 14.3. The molecule has 3 aromatic rings. The van der Waals surface area contributed by atoms with Crippen molar-refractivity contribution in [1.82, 2.24) is 5.32 Å². The third-order valence-electron chi connectivity index (χ3n) is 7.61. The number of fused-ring (bicyclic) bond motifs is 4. The van der Waals surface area contributed by atoms with Crippen LogP contribution in [0.4, 0.5) is 11.4 Å². The number of nitrogens with zero attached hydrogens (tertiary/aromatic N) is 2. The highest BCUT2D eigenvalue weighted by Gasteiger charge is 2.71. The number of rotatable bonds is 5. The Morgan fingerprint density at radius 1 is 0.889 bits per heavy atom. The number of para-hydroxylation sites is 2. The molecule has 2 saturated heterocycles. The topological polar surface area (TPSA) is 69.7 Å². The molecule has 0 saturated carbocycles. The van der Waals surface area contributed by atoms with Crippen LogP contribution in [-0.4, -0.2) is 30.3 Å². The average molecular weight is 478 g/mol. The lowest BCUT2D eigenvalue weighted by Crippen LogP contribution is -2.55. The molecule has 6 nitrogen and oxygen atoms in total. The number of carbonyl (C=O) groups is 3. The van der Waals surface area contributed by atoms with Crippen molar-refractivity contribution in [2.75, 3.05) is 16.3 Å². The van der Waals surface area contributed by atoms with Crippen LogP contribution < -0.4 is 15.1 Å². The SMILES string of the molecule is C=C(C)CN1C(=O)[C@]2(N[C@H](Cc3ccccc3)[C@H]3C(=O)N(c4ccccc4)C(=O)[C@H]32)c2ccccc21. The second-order valence-corrected chi connectivity index (χ2v) is 9.97. The zero-order chi connectivity index (χ0) is 25.0. The maximum Gasteiger partial charge on any atom is 0.253 e. The highest BCUT2D eigenvalue weighted by atomic mass is 16.2. The predicted octanol–water partition coefficient (Wildman–Crippen LogP) is 3.82. The first-order valence-corrected chi connectivity index (χ1v) is 12.2. The van der Waals surface area contributed by atoms with E-state index in [0.29, 0.717) is 18.7 Å². The third-order valence-corrected chi connectivity index (χ3v) is 7.61. The summed E-state index contributed by atoms with van der Waals surface area (Å²) in [4.78, 5) is 45.3. The third kappa shape index (κ3) is 3.11. The lowest BCUT2D eigenvalue weighted by atomic mass is 9.76. The van der Waals surface area contributed by atoms with Gasteiger partial charge in [0.05, 0.1) is 17.5 Å². The first-order chi connectivity index (χ1) is 17.4. The monoisotopic (exact) mass is 477 g/mol. The summed E-state index contributed by atoms with van der Waals surface area (Å²) < 4.78 is 0. The quantitative estimate of drug-likeness (QED) is 0.448. The predicted molar refractivity (Wildman–Crippen MR) is 138 cm³/mol. The van der Waals surface area contributed by atoms with E-state index >= 15 is 0 Å². The minimum Gasteiger partial charge on any atom is -0.306 e. The van der Waals surface area contributed by atoms with Crippen molar-refractivity contribution < 1.29 is 14.4 Å². The van der Waals surface area contributed by atoms with Gasteiger partial charge in [-0.15, -0.1) is 0 Å². The molecule has 6 rings (SSSR count). The number of hydrogen-bond acceptors (Lipinski definition) is 4. The molecule has 0 aliphatic carbocycles. The summed E-state index contributed by atoms with van der Waals surface area (Å²) in [6.07, 6.45) is 0.529. The van der Waals surface area contributed by atoms with Gasteiger partial charge in [0.15, 0.2) is 0 Å². The van der Waals surface area contributed by atoms with Crippen LogP contribution in [-0.2, 0) is 26.3 Å². The van der Waals surface area contributed by atoms with Crippen molar-refractivity contribution in [2.45, 2.75) is 24.9 Å². The fourth-order valence-corrected chi connectivity index (χ4v) is 6.25. The summed E-state index contributed by atoms with van der Waals surface area (Å²) in [5.41, 5.74) is 2.61. The molecule has 0 bridgehead atoms.